The van der Waals surface area contributed by atoms with Crippen molar-refractivity contribution >= 4 is 5.97 Å². The van der Waals surface area contributed by atoms with E-state index in [0.29, 0.717) is 6.54 Å². The molecule has 1 aliphatic rings. The summed E-state index contributed by atoms with van der Waals surface area (Å²) in [6.45, 7) is 2.23. The fourth-order valence-electron chi connectivity index (χ4n) is 2.60. The highest BCUT2D eigenvalue weighted by molar-refractivity contribution is 5.70. The smallest absolute Gasteiger partial charge is 0.307 e. The monoisotopic (exact) mass is 271 g/mol. The van der Waals surface area contributed by atoms with Gasteiger partial charge >= 0.3 is 5.97 Å². The minimum Gasteiger partial charge on any atom is -0.481 e. The number of likely N-dealkylation sites (tertiary alicyclic amines) is 1. The van der Waals surface area contributed by atoms with Gasteiger partial charge in [-0.2, -0.15) is 5.10 Å². The average molecular weight is 271 g/mol. The van der Waals surface area contributed by atoms with Crippen LogP contribution in [0.15, 0.2) is 42.7 Å². The molecule has 0 saturated carbocycles. The van der Waals surface area contributed by atoms with E-state index in [1.807, 2.05) is 47.4 Å². The van der Waals surface area contributed by atoms with Crippen molar-refractivity contribution in [3.05, 3.63) is 48.3 Å². The Bertz CT molecular complexity index is 594. The van der Waals surface area contributed by atoms with E-state index in [2.05, 4.69) is 10.00 Å². The second kappa shape index (κ2) is 5.46. The number of para-hydroxylation sites is 1. The van der Waals surface area contributed by atoms with Gasteiger partial charge in [0.15, 0.2) is 0 Å². The van der Waals surface area contributed by atoms with Crippen LogP contribution in [-0.4, -0.2) is 38.8 Å². The summed E-state index contributed by atoms with van der Waals surface area (Å²) in [6, 6.07) is 9.95. The predicted molar refractivity (Wildman–Crippen MR) is 74.6 cm³/mol. The molecule has 1 aromatic heterocycles. The SMILES string of the molecule is O=C(O)C1CCN(Cc2cnn(-c3ccccc3)c2)C1. The normalized spacial score (nSPS) is 19.3. The second-order valence-corrected chi connectivity index (χ2v) is 5.19. The number of aromatic nitrogens is 2. The molecule has 1 N–H and O–H groups in total. The Morgan fingerprint density at radius 2 is 2.15 bits per heavy atom. The van der Waals surface area contributed by atoms with Crippen molar-refractivity contribution in [2.45, 2.75) is 13.0 Å². The molecule has 20 heavy (non-hydrogen) atoms. The van der Waals surface area contributed by atoms with E-state index in [9.17, 15) is 4.79 Å². The molecule has 0 aliphatic carbocycles. The van der Waals surface area contributed by atoms with Gasteiger partial charge in [-0.1, -0.05) is 18.2 Å². The molecule has 3 rings (SSSR count). The third-order valence-electron chi connectivity index (χ3n) is 3.68. The molecular formula is C15H17N3O2. The fourth-order valence-corrected chi connectivity index (χ4v) is 2.60. The highest BCUT2D eigenvalue weighted by Crippen LogP contribution is 2.19. The largest absolute Gasteiger partial charge is 0.481 e. The molecule has 104 valence electrons. The number of aliphatic carboxylic acids is 1. The highest BCUT2D eigenvalue weighted by atomic mass is 16.4. The van der Waals surface area contributed by atoms with Crippen LogP contribution in [0.3, 0.4) is 0 Å². The first-order valence-corrected chi connectivity index (χ1v) is 6.76. The lowest BCUT2D eigenvalue weighted by Crippen LogP contribution is -2.22. The summed E-state index contributed by atoms with van der Waals surface area (Å²) in [5, 5.41) is 13.4. The van der Waals surface area contributed by atoms with E-state index < -0.39 is 5.97 Å². The van der Waals surface area contributed by atoms with E-state index in [1.165, 1.54) is 0 Å². The summed E-state index contributed by atoms with van der Waals surface area (Å²) in [4.78, 5) is 13.1. The Labute approximate surface area is 117 Å². The fraction of sp³-hybridized carbons (Fsp3) is 0.333. The number of rotatable bonds is 4. The number of benzene rings is 1. The number of carboxylic acid groups (broad SMARTS) is 1. The first-order chi connectivity index (χ1) is 9.72. The van der Waals surface area contributed by atoms with Crippen molar-refractivity contribution < 1.29 is 9.90 Å². The van der Waals surface area contributed by atoms with Gasteiger partial charge in [-0.15, -0.1) is 0 Å². The second-order valence-electron chi connectivity index (χ2n) is 5.19. The number of nitrogens with zero attached hydrogens (tertiary/aromatic N) is 3. The molecule has 1 unspecified atom stereocenters. The van der Waals surface area contributed by atoms with Crippen molar-refractivity contribution in [3.8, 4) is 5.69 Å². The molecule has 2 aromatic rings. The van der Waals surface area contributed by atoms with Crippen LogP contribution in [0.4, 0.5) is 0 Å². The maximum atomic E-state index is 10.9. The molecule has 5 heteroatoms. The van der Waals surface area contributed by atoms with Crippen molar-refractivity contribution in [2.24, 2.45) is 5.92 Å². The van der Waals surface area contributed by atoms with Gasteiger partial charge in [-0.05, 0) is 25.1 Å². The van der Waals surface area contributed by atoms with Crippen LogP contribution in [-0.2, 0) is 11.3 Å². The summed E-state index contributed by atoms with van der Waals surface area (Å²) in [7, 11) is 0. The van der Waals surface area contributed by atoms with Crippen LogP contribution in [0.1, 0.15) is 12.0 Å². The molecule has 1 aromatic carbocycles. The molecule has 1 aliphatic heterocycles. The molecular weight excluding hydrogens is 254 g/mol. The highest BCUT2D eigenvalue weighted by Gasteiger charge is 2.27. The lowest BCUT2D eigenvalue weighted by Gasteiger charge is -2.13. The molecule has 5 nitrogen and oxygen atoms in total. The zero-order valence-corrected chi connectivity index (χ0v) is 11.1. The van der Waals surface area contributed by atoms with Crippen molar-refractivity contribution in [1.29, 1.82) is 0 Å². The van der Waals surface area contributed by atoms with Crippen molar-refractivity contribution in [2.75, 3.05) is 13.1 Å². The van der Waals surface area contributed by atoms with Gasteiger partial charge in [0.05, 0.1) is 17.8 Å². The number of carbonyl (C=O) groups is 1. The quantitative estimate of drug-likeness (QED) is 0.921. The molecule has 0 radical (unpaired) electrons. The lowest BCUT2D eigenvalue weighted by molar-refractivity contribution is -0.141. The Morgan fingerprint density at radius 3 is 2.85 bits per heavy atom. The standard InChI is InChI=1S/C15H17N3O2/c19-15(20)13-6-7-17(11-13)9-12-8-16-18(10-12)14-4-2-1-3-5-14/h1-5,8,10,13H,6-7,9,11H2,(H,19,20). The maximum absolute atomic E-state index is 10.9. The minimum atomic E-state index is -0.688. The average Bonchev–Trinajstić information content (AvgIpc) is 3.10. The molecule has 0 amide bonds. The zero-order valence-electron chi connectivity index (χ0n) is 11.1. The third-order valence-corrected chi connectivity index (χ3v) is 3.68. The molecule has 2 heterocycles. The molecule has 1 saturated heterocycles. The van der Waals surface area contributed by atoms with Crippen molar-refractivity contribution in [1.82, 2.24) is 14.7 Å². The number of carboxylic acids is 1. The zero-order chi connectivity index (χ0) is 13.9. The van der Waals surface area contributed by atoms with E-state index >= 15 is 0 Å². The van der Waals surface area contributed by atoms with E-state index in [4.69, 9.17) is 5.11 Å². The van der Waals surface area contributed by atoms with Gasteiger partial charge in [0, 0.05) is 24.8 Å². The first kappa shape index (κ1) is 12.9. The lowest BCUT2D eigenvalue weighted by atomic mass is 10.1. The predicted octanol–water partition coefficient (Wildman–Crippen LogP) is 1.78. The first-order valence-electron chi connectivity index (χ1n) is 6.76. The van der Waals surface area contributed by atoms with Crippen LogP contribution in [0.2, 0.25) is 0 Å². The van der Waals surface area contributed by atoms with Crippen molar-refractivity contribution in [3.63, 3.8) is 0 Å². The summed E-state index contributed by atoms with van der Waals surface area (Å²) >= 11 is 0. The summed E-state index contributed by atoms with van der Waals surface area (Å²) in [6.07, 6.45) is 4.59. The molecule has 0 spiro atoms. The van der Waals surface area contributed by atoms with E-state index in [-0.39, 0.29) is 5.92 Å². The van der Waals surface area contributed by atoms with Gasteiger partial charge in [-0.3, -0.25) is 9.69 Å². The Balaban J connectivity index is 1.65. The maximum Gasteiger partial charge on any atom is 0.307 e. The number of hydrogen-bond acceptors (Lipinski definition) is 3. The van der Waals surface area contributed by atoms with Gasteiger partial charge < -0.3 is 5.11 Å². The van der Waals surface area contributed by atoms with Crippen LogP contribution < -0.4 is 0 Å². The summed E-state index contributed by atoms with van der Waals surface area (Å²) in [5.74, 6) is -0.911. The summed E-state index contributed by atoms with van der Waals surface area (Å²) in [5.41, 5.74) is 2.14. The minimum absolute atomic E-state index is 0.223. The van der Waals surface area contributed by atoms with Gasteiger partial charge in [-0.25, -0.2) is 4.68 Å². The van der Waals surface area contributed by atoms with Crippen LogP contribution in [0.5, 0.6) is 0 Å². The third kappa shape index (κ3) is 2.72. The summed E-state index contributed by atoms with van der Waals surface area (Å²) < 4.78 is 1.85. The Morgan fingerprint density at radius 1 is 1.35 bits per heavy atom. The van der Waals surface area contributed by atoms with Gasteiger partial charge in [0.25, 0.3) is 0 Å². The molecule has 0 bridgehead atoms. The van der Waals surface area contributed by atoms with Crippen LogP contribution in [0, 0.1) is 5.92 Å². The van der Waals surface area contributed by atoms with Gasteiger partial charge in [0.1, 0.15) is 0 Å². The molecule has 1 fully saturated rings. The van der Waals surface area contributed by atoms with Crippen LogP contribution in [0.25, 0.3) is 5.69 Å². The van der Waals surface area contributed by atoms with Crippen LogP contribution >= 0.6 is 0 Å². The molecule has 1 atom stereocenters. The Kier molecular flexibility index (Phi) is 3.52. The number of hydrogen-bond donors (Lipinski definition) is 1. The van der Waals surface area contributed by atoms with E-state index in [1.54, 1.807) is 0 Å². The van der Waals surface area contributed by atoms with Gasteiger partial charge in [0.2, 0.25) is 0 Å². The van der Waals surface area contributed by atoms with E-state index in [0.717, 1.165) is 30.8 Å². The topological polar surface area (TPSA) is 58.4 Å². The Hall–Kier alpha value is -2.14.